The van der Waals surface area contributed by atoms with E-state index in [4.69, 9.17) is 0 Å². The van der Waals surface area contributed by atoms with E-state index in [2.05, 4.69) is 23.4 Å². The van der Waals surface area contributed by atoms with Crippen LogP contribution in [0.3, 0.4) is 0 Å². The van der Waals surface area contributed by atoms with Crippen LogP contribution in [-0.4, -0.2) is 16.3 Å². The summed E-state index contributed by atoms with van der Waals surface area (Å²) >= 11 is 0. The van der Waals surface area contributed by atoms with Gasteiger partial charge in [0.25, 0.3) is 0 Å². The van der Waals surface area contributed by atoms with Crippen molar-refractivity contribution in [3.05, 3.63) is 53.1 Å². The van der Waals surface area contributed by atoms with Crippen molar-refractivity contribution in [1.29, 1.82) is 0 Å². The Kier molecular flexibility index (Phi) is 4.90. The van der Waals surface area contributed by atoms with Crippen LogP contribution in [0.25, 0.3) is 0 Å². The van der Waals surface area contributed by atoms with Crippen LogP contribution in [0.2, 0.25) is 0 Å². The molecular weight excluding hydrogens is 253 g/mol. The highest BCUT2D eigenvalue weighted by Crippen LogP contribution is 2.21. The quantitative estimate of drug-likeness (QED) is 0.877. The summed E-state index contributed by atoms with van der Waals surface area (Å²) in [6.45, 7) is 4.95. The van der Waals surface area contributed by atoms with Crippen molar-refractivity contribution in [3.8, 4) is 0 Å². The van der Waals surface area contributed by atoms with Gasteiger partial charge in [-0.25, -0.2) is 4.39 Å². The predicted octanol–water partition coefficient (Wildman–Crippen LogP) is 3.15. The molecule has 0 aliphatic carbocycles. The van der Waals surface area contributed by atoms with Gasteiger partial charge in [-0.2, -0.15) is 5.10 Å². The molecule has 3 nitrogen and oxygen atoms in total. The zero-order valence-corrected chi connectivity index (χ0v) is 12.4. The lowest BCUT2D eigenvalue weighted by Crippen LogP contribution is -2.25. The molecule has 20 heavy (non-hydrogen) atoms. The van der Waals surface area contributed by atoms with Crippen molar-refractivity contribution in [2.45, 2.75) is 32.7 Å². The minimum atomic E-state index is -0.153. The van der Waals surface area contributed by atoms with E-state index in [1.807, 2.05) is 30.8 Å². The van der Waals surface area contributed by atoms with Gasteiger partial charge >= 0.3 is 0 Å². The van der Waals surface area contributed by atoms with E-state index in [0.717, 1.165) is 36.3 Å². The summed E-state index contributed by atoms with van der Waals surface area (Å²) < 4.78 is 15.9. The smallest absolute Gasteiger partial charge is 0.127 e. The second kappa shape index (κ2) is 6.66. The fourth-order valence-electron chi connectivity index (χ4n) is 2.43. The normalized spacial score (nSPS) is 12.6. The van der Waals surface area contributed by atoms with Gasteiger partial charge in [-0.15, -0.1) is 0 Å². The first-order chi connectivity index (χ1) is 9.61. The molecule has 0 aliphatic heterocycles. The Morgan fingerprint density at radius 1 is 1.35 bits per heavy atom. The van der Waals surface area contributed by atoms with Crippen molar-refractivity contribution in [2.24, 2.45) is 7.05 Å². The molecule has 2 aromatic rings. The Balaban J connectivity index is 2.24. The molecule has 1 heterocycles. The fourth-order valence-corrected chi connectivity index (χ4v) is 2.43. The average Bonchev–Trinajstić information content (AvgIpc) is 2.73. The molecule has 0 saturated heterocycles. The first-order valence-electron chi connectivity index (χ1n) is 7.09. The number of benzene rings is 1. The van der Waals surface area contributed by atoms with E-state index >= 15 is 0 Å². The lowest BCUT2D eigenvalue weighted by atomic mass is 10.0. The van der Waals surface area contributed by atoms with E-state index in [1.165, 1.54) is 6.07 Å². The Morgan fingerprint density at radius 3 is 2.70 bits per heavy atom. The molecule has 1 unspecified atom stereocenters. The molecule has 0 saturated carbocycles. The molecule has 1 N–H and O–H groups in total. The lowest BCUT2D eigenvalue weighted by molar-refractivity contribution is 0.485. The van der Waals surface area contributed by atoms with Gasteiger partial charge in [0.2, 0.25) is 0 Å². The number of halogens is 1. The van der Waals surface area contributed by atoms with Crippen LogP contribution in [-0.2, 0) is 13.5 Å². The van der Waals surface area contributed by atoms with E-state index < -0.39 is 0 Å². The monoisotopic (exact) mass is 275 g/mol. The van der Waals surface area contributed by atoms with Crippen LogP contribution in [0.5, 0.6) is 0 Å². The zero-order valence-electron chi connectivity index (χ0n) is 12.4. The van der Waals surface area contributed by atoms with Crippen LogP contribution in [0.4, 0.5) is 4.39 Å². The Labute approximate surface area is 119 Å². The molecule has 4 heteroatoms. The molecule has 0 amide bonds. The molecule has 1 atom stereocenters. The Bertz CT molecular complexity index is 563. The molecule has 1 aromatic heterocycles. The molecule has 0 aliphatic rings. The first-order valence-corrected chi connectivity index (χ1v) is 7.09. The van der Waals surface area contributed by atoms with Gasteiger partial charge in [-0.3, -0.25) is 4.68 Å². The van der Waals surface area contributed by atoms with Gasteiger partial charge in [0.05, 0.1) is 5.69 Å². The standard InChI is InChI=1S/C16H22FN3/c1-4-9-18-16(14-7-5-6-8-15(14)17)11-13-10-12(2)19-20(13)3/h5-8,10,16,18H,4,9,11H2,1-3H3. The third kappa shape index (κ3) is 3.45. The second-order valence-corrected chi connectivity index (χ2v) is 5.13. The largest absolute Gasteiger partial charge is 0.310 e. The summed E-state index contributed by atoms with van der Waals surface area (Å²) in [5.74, 6) is -0.153. The maximum absolute atomic E-state index is 14.0. The number of hydrogen-bond donors (Lipinski definition) is 1. The van der Waals surface area contributed by atoms with Gasteiger partial charge in [0.1, 0.15) is 5.82 Å². The number of aromatic nitrogens is 2. The van der Waals surface area contributed by atoms with Crippen LogP contribution in [0.15, 0.2) is 30.3 Å². The summed E-state index contributed by atoms with van der Waals surface area (Å²) in [6.07, 6.45) is 1.76. The maximum atomic E-state index is 14.0. The summed E-state index contributed by atoms with van der Waals surface area (Å²) in [5.41, 5.74) is 2.82. The van der Waals surface area contributed by atoms with Crippen molar-refractivity contribution in [2.75, 3.05) is 6.54 Å². The topological polar surface area (TPSA) is 29.9 Å². The van der Waals surface area contributed by atoms with E-state index in [9.17, 15) is 4.39 Å². The summed E-state index contributed by atoms with van der Waals surface area (Å²) in [7, 11) is 1.93. The second-order valence-electron chi connectivity index (χ2n) is 5.13. The fraction of sp³-hybridized carbons (Fsp3) is 0.438. The number of rotatable bonds is 6. The van der Waals surface area contributed by atoms with Crippen LogP contribution >= 0.6 is 0 Å². The minimum absolute atomic E-state index is 0.0223. The van der Waals surface area contributed by atoms with Crippen molar-refractivity contribution in [1.82, 2.24) is 15.1 Å². The Morgan fingerprint density at radius 2 is 2.10 bits per heavy atom. The average molecular weight is 275 g/mol. The SMILES string of the molecule is CCCNC(Cc1cc(C)nn1C)c1ccccc1F. The third-order valence-corrected chi connectivity index (χ3v) is 3.43. The van der Waals surface area contributed by atoms with Crippen molar-refractivity contribution < 1.29 is 4.39 Å². The van der Waals surface area contributed by atoms with Crippen LogP contribution < -0.4 is 5.32 Å². The first kappa shape index (κ1) is 14.7. The molecule has 1 aromatic carbocycles. The van der Waals surface area contributed by atoms with E-state index in [-0.39, 0.29) is 11.9 Å². The minimum Gasteiger partial charge on any atom is -0.310 e. The highest BCUT2D eigenvalue weighted by atomic mass is 19.1. The van der Waals surface area contributed by atoms with Crippen molar-refractivity contribution in [3.63, 3.8) is 0 Å². The van der Waals surface area contributed by atoms with Crippen molar-refractivity contribution >= 4 is 0 Å². The number of nitrogens with zero attached hydrogens (tertiary/aromatic N) is 2. The van der Waals surface area contributed by atoms with Gasteiger partial charge in [-0.05, 0) is 32.0 Å². The summed E-state index contributed by atoms with van der Waals surface area (Å²) in [4.78, 5) is 0. The lowest BCUT2D eigenvalue weighted by Gasteiger charge is -2.19. The maximum Gasteiger partial charge on any atom is 0.127 e. The molecule has 0 fully saturated rings. The molecule has 0 radical (unpaired) electrons. The molecule has 108 valence electrons. The highest BCUT2D eigenvalue weighted by Gasteiger charge is 2.17. The highest BCUT2D eigenvalue weighted by molar-refractivity contribution is 5.23. The van der Waals surface area contributed by atoms with Crippen LogP contribution in [0.1, 0.15) is 36.3 Å². The van der Waals surface area contributed by atoms with E-state index in [0.29, 0.717) is 0 Å². The molecule has 2 rings (SSSR count). The summed E-state index contributed by atoms with van der Waals surface area (Å²) in [6, 6.07) is 9.01. The van der Waals surface area contributed by atoms with E-state index in [1.54, 1.807) is 6.07 Å². The predicted molar refractivity (Wildman–Crippen MR) is 79.1 cm³/mol. The van der Waals surface area contributed by atoms with Gasteiger partial charge in [-0.1, -0.05) is 25.1 Å². The van der Waals surface area contributed by atoms with Gasteiger partial charge in [0, 0.05) is 30.8 Å². The van der Waals surface area contributed by atoms with Gasteiger partial charge < -0.3 is 5.32 Å². The summed E-state index contributed by atoms with van der Waals surface area (Å²) in [5, 5.41) is 7.79. The molecule has 0 bridgehead atoms. The number of hydrogen-bond acceptors (Lipinski definition) is 2. The number of nitrogens with one attached hydrogen (secondary N) is 1. The van der Waals surface area contributed by atoms with Crippen LogP contribution in [0, 0.1) is 12.7 Å². The third-order valence-electron chi connectivity index (χ3n) is 3.43. The zero-order chi connectivity index (χ0) is 14.5. The number of aryl methyl sites for hydroxylation is 2. The molecule has 0 spiro atoms. The Hall–Kier alpha value is -1.68. The molecular formula is C16H22FN3. The van der Waals surface area contributed by atoms with Gasteiger partial charge in [0.15, 0.2) is 0 Å².